The van der Waals surface area contributed by atoms with E-state index in [1.54, 1.807) is 0 Å². The molecule has 10 heteroatoms. The zero-order valence-electron chi connectivity index (χ0n) is 10.4. The lowest BCUT2D eigenvalue weighted by atomic mass is 10.1. The van der Waals surface area contributed by atoms with E-state index in [4.69, 9.17) is 0 Å². The van der Waals surface area contributed by atoms with Crippen LogP contribution in [0.5, 0.6) is 0 Å². The third-order valence-corrected chi connectivity index (χ3v) is 7.39. The Kier molecular flexibility index (Phi) is 5.57. The third-order valence-electron chi connectivity index (χ3n) is 2.62. The molecule has 0 atom stereocenters. The second-order valence-corrected chi connectivity index (χ2v) is 7.20. The van der Waals surface area contributed by atoms with Crippen LogP contribution >= 0.6 is 63.7 Å². The van der Waals surface area contributed by atoms with Crippen molar-refractivity contribution in [2.24, 2.45) is 0 Å². The molecule has 2 heterocycles. The summed E-state index contributed by atoms with van der Waals surface area (Å²) < 4.78 is 10.9. The molecule has 1 fully saturated rings. The van der Waals surface area contributed by atoms with Gasteiger partial charge in [0.1, 0.15) is 0 Å². The van der Waals surface area contributed by atoms with Gasteiger partial charge in [-0.2, -0.15) is 0 Å². The molecule has 0 amide bonds. The van der Waals surface area contributed by atoms with Crippen molar-refractivity contribution in [3.63, 3.8) is 0 Å². The summed E-state index contributed by atoms with van der Waals surface area (Å²) in [5, 5.41) is 0. The summed E-state index contributed by atoms with van der Waals surface area (Å²) in [6.45, 7) is 0. The molecule has 2 aliphatic heterocycles. The molecule has 0 N–H and O–H groups in total. The van der Waals surface area contributed by atoms with Gasteiger partial charge in [-0.3, -0.25) is 9.59 Å². The molecule has 1 saturated heterocycles. The predicted octanol–water partition coefficient (Wildman–Crippen LogP) is 3.90. The molecule has 1 aromatic rings. The Balaban J connectivity index is 0.000000211. The number of fused-ring (bicyclic) bond motifs is 1. The Bertz CT molecular complexity index is 668. The third kappa shape index (κ3) is 3.34. The molecule has 0 saturated carbocycles. The van der Waals surface area contributed by atoms with E-state index >= 15 is 0 Å². The van der Waals surface area contributed by atoms with Gasteiger partial charge in [-0.05, 0) is 63.7 Å². The van der Waals surface area contributed by atoms with Crippen LogP contribution in [0.4, 0.5) is 0 Å². The standard InChI is InChI=1S/C8Br4O3.C4H4O3/c9-3-1-2(8(14)15-7(1)13)4(10)6(12)5(3)11;5-3-1-2-4(6)7-3/h;1-2H2. The van der Waals surface area contributed by atoms with Crippen molar-refractivity contribution in [1.29, 1.82) is 0 Å². The number of halogens is 4. The van der Waals surface area contributed by atoms with Crippen LogP contribution in [0.3, 0.4) is 0 Å². The van der Waals surface area contributed by atoms with E-state index in [1.165, 1.54) is 0 Å². The lowest BCUT2D eigenvalue weighted by molar-refractivity contribution is -0.151. The quantitative estimate of drug-likeness (QED) is 0.206. The minimum Gasteiger partial charge on any atom is -0.393 e. The Labute approximate surface area is 157 Å². The Morgan fingerprint density at radius 1 is 0.591 bits per heavy atom. The van der Waals surface area contributed by atoms with Gasteiger partial charge in [0.05, 0.1) is 24.0 Å². The lowest BCUT2D eigenvalue weighted by Crippen LogP contribution is -1.97. The first-order valence-electron chi connectivity index (χ1n) is 5.60. The van der Waals surface area contributed by atoms with E-state index in [2.05, 4.69) is 73.2 Å². The minimum absolute atomic E-state index is 0.238. The molecular weight excluding hydrogens is 560 g/mol. The van der Waals surface area contributed by atoms with Crippen molar-refractivity contribution in [3.8, 4) is 0 Å². The predicted molar refractivity (Wildman–Crippen MR) is 87.3 cm³/mol. The van der Waals surface area contributed by atoms with E-state index in [0.29, 0.717) is 17.9 Å². The number of carbonyl (C=O) groups excluding carboxylic acids is 4. The van der Waals surface area contributed by atoms with Gasteiger partial charge in [-0.15, -0.1) is 0 Å². The highest BCUT2D eigenvalue weighted by atomic mass is 79.9. The summed E-state index contributed by atoms with van der Waals surface area (Å²) in [5.74, 6) is -2.08. The number of rotatable bonds is 0. The van der Waals surface area contributed by atoms with Crippen molar-refractivity contribution in [3.05, 3.63) is 29.0 Å². The maximum absolute atomic E-state index is 11.4. The van der Waals surface area contributed by atoms with Gasteiger partial charge in [0.15, 0.2) is 0 Å². The van der Waals surface area contributed by atoms with Crippen LogP contribution in [-0.4, -0.2) is 23.9 Å². The largest absolute Gasteiger partial charge is 0.393 e. The Morgan fingerprint density at radius 2 is 0.955 bits per heavy atom. The summed E-state index contributed by atoms with van der Waals surface area (Å²) in [6, 6.07) is 0. The molecule has 0 aliphatic carbocycles. The van der Waals surface area contributed by atoms with Gasteiger partial charge in [0, 0.05) is 17.9 Å². The summed E-state index contributed by atoms with van der Waals surface area (Å²) in [4.78, 5) is 42.8. The molecule has 22 heavy (non-hydrogen) atoms. The van der Waals surface area contributed by atoms with Gasteiger partial charge in [-0.25, -0.2) is 9.59 Å². The first-order valence-corrected chi connectivity index (χ1v) is 8.77. The monoisotopic (exact) mass is 560 g/mol. The molecular formula is C12H4Br4O6. The molecule has 1 aromatic carbocycles. The minimum atomic E-state index is -0.643. The molecule has 0 unspecified atom stereocenters. The molecule has 0 bridgehead atoms. The van der Waals surface area contributed by atoms with Crippen molar-refractivity contribution < 1.29 is 28.7 Å². The number of esters is 4. The van der Waals surface area contributed by atoms with Crippen LogP contribution in [0.15, 0.2) is 17.9 Å². The maximum Gasteiger partial charge on any atom is 0.348 e. The van der Waals surface area contributed by atoms with Crippen LogP contribution in [0.2, 0.25) is 0 Å². The average molecular weight is 564 g/mol. The van der Waals surface area contributed by atoms with Crippen molar-refractivity contribution >= 4 is 87.6 Å². The van der Waals surface area contributed by atoms with Crippen LogP contribution in [-0.2, 0) is 19.1 Å². The number of hydrogen-bond donors (Lipinski definition) is 0. The highest BCUT2D eigenvalue weighted by molar-refractivity contribution is 9.15. The lowest BCUT2D eigenvalue weighted by Gasteiger charge is -2.06. The smallest absolute Gasteiger partial charge is 0.348 e. The fourth-order valence-electron chi connectivity index (χ4n) is 1.63. The zero-order chi connectivity index (χ0) is 16.6. The van der Waals surface area contributed by atoms with Crippen LogP contribution in [0, 0.1) is 0 Å². The van der Waals surface area contributed by atoms with E-state index in [1.807, 2.05) is 0 Å². The van der Waals surface area contributed by atoms with E-state index in [9.17, 15) is 19.2 Å². The van der Waals surface area contributed by atoms with Gasteiger partial charge >= 0.3 is 23.9 Å². The topological polar surface area (TPSA) is 86.7 Å². The molecule has 3 rings (SSSR count). The van der Waals surface area contributed by atoms with Crippen LogP contribution in [0.25, 0.3) is 0 Å². The highest BCUT2D eigenvalue weighted by Gasteiger charge is 2.36. The molecule has 116 valence electrons. The molecule has 2 aliphatic rings. The van der Waals surface area contributed by atoms with Crippen molar-refractivity contribution in [2.45, 2.75) is 12.8 Å². The first kappa shape index (κ1) is 17.8. The SMILES string of the molecule is O=C1CCC(=O)O1.O=C1OC(=O)c2c(Br)c(Br)c(Br)c(Br)c21. The van der Waals surface area contributed by atoms with Gasteiger partial charge in [0.2, 0.25) is 0 Å². The molecule has 0 aromatic heterocycles. The van der Waals surface area contributed by atoms with Crippen LogP contribution in [0.1, 0.15) is 33.6 Å². The maximum atomic E-state index is 11.4. The second-order valence-electron chi connectivity index (χ2n) is 4.03. The number of hydrogen-bond acceptors (Lipinski definition) is 6. The van der Waals surface area contributed by atoms with Crippen LogP contribution < -0.4 is 0 Å². The number of carbonyl (C=O) groups is 4. The zero-order valence-corrected chi connectivity index (χ0v) is 16.7. The fraction of sp³-hybridized carbons (Fsp3) is 0.167. The fourth-order valence-corrected chi connectivity index (χ4v) is 4.08. The van der Waals surface area contributed by atoms with Crippen molar-refractivity contribution in [2.75, 3.05) is 0 Å². The van der Waals surface area contributed by atoms with Gasteiger partial charge in [-0.1, -0.05) is 0 Å². The first-order chi connectivity index (χ1) is 10.2. The second kappa shape index (κ2) is 6.90. The van der Waals surface area contributed by atoms with E-state index in [0.717, 1.165) is 0 Å². The van der Waals surface area contributed by atoms with E-state index in [-0.39, 0.29) is 24.0 Å². The molecule has 0 spiro atoms. The average Bonchev–Trinajstić information content (AvgIpc) is 2.97. The Morgan fingerprint density at radius 3 is 1.23 bits per heavy atom. The molecule has 6 nitrogen and oxygen atoms in total. The number of cyclic esters (lactones) is 4. The molecule has 0 radical (unpaired) electrons. The normalized spacial score (nSPS) is 16.0. The van der Waals surface area contributed by atoms with Gasteiger partial charge < -0.3 is 9.47 Å². The summed E-state index contributed by atoms with van der Waals surface area (Å²) >= 11 is 13.0. The number of ether oxygens (including phenoxy) is 2. The number of benzene rings is 1. The summed E-state index contributed by atoms with van der Waals surface area (Å²) in [7, 11) is 0. The highest BCUT2D eigenvalue weighted by Crippen LogP contribution is 2.44. The van der Waals surface area contributed by atoms with E-state index < -0.39 is 23.9 Å². The summed E-state index contributed by atoms with van der Waals surface area (Å²) in [5.41, 5.74) is 0.476. The van der Waals surface area contributed by atoms with Gasteiger partial charge in [0.25, 0.3) is 0 Å². The Hall–Kier alpha value is -0.580. The summed E-state index contributed by atoms with van der Waals surface area (Å²) in [6.07, 6.45) is 0.525. The van der Waals surface area contributed by atoms with Crippen molar-refractivity contribution in [1.82, 2.24) is 0 Å².